The number of aromatic nitrogens is 2. The molecule has 1 aliphatic heterocycles. The second-order valence-electron chi connectivity index (χ2n) is 8.85. The van der Waals surface area contributed by atoms with Crippen LogP contribution in [-0.4, -0.2) is 51.1 Å². The molecular weight excluding hydrogens is 440 g/mol. The molecule has 3 aromatic rings. The molecule has 1 aliphatic carbocycles. The smallest absolute Gasteiger partial charge is 0.269 e. The number of imidazole rings is 1. The Morgan fingerprint density at radius 1 is 1.24 bits per heavy atom. The molecule has 1 unspecified atom stereocenters. The molecule has 1 aromatic carbocycles. The fraction of sp³-hybridized carbons (Fsp3) is 0.435. The van der Waals surface area contributed by atoms with Crippen molar-refractivity contribution in [2.24, 2.45) is 16.6 Å². The standard InChI is InChI=1S/C23H26N6O3S/c1-27-12-4-5-15(13-27)22(30)26-21(24)20-19(14-8-10-16(11-9-14)29(31)32)25-23-28(20)17-6-2-3-7-18(17)33-23/h8-11,15H,2-7,12-13H2,1H3,(H2,24,26,30). The third kappa shape index (κ3) is 4.04. The first-order chi connectivity index (χ1) is 15.9. The Bertz CT molecular complexity index is 1260. The second kappa shape index (κ2) is 8.68. The van der Waals surface area contributed by atoms with Gasteiger partial charge in [0.05, 0.1) is 10.8 Å². The van der Waals surface area contributed by atoms with E-state index in [1.54, 1.807) is 23.5 Å². The first-order valence-corrected chi connectivity index (χ1v) is 12.1. The van der Waals surface area contributed by atoms with Gasteiger partial charge in [-0.2, -0.15) is 4.99 Å². The predicted molar refractivity (Wildman–Crippen MR) is 128 cm³/mol. The molecule has 3 heterocycles. The lowest BCUT2D eigenvalue weighted by Crippen LogP contribution is -2.36. The van der Waals surface area contributed by atoms with Crippen LogP contribution in [0.4, 0.5) is 5.69 Å². The SMILES string of the molecule is CN1CCCC(C(=O)N=C(N)c2c(-c3ccc([N+](=O)[O-])cc3)nc3sc4c(n23)CCCC4)C1. The molecule has 0 saturated carbocycles. The Hall–Kier alpha value is -3.11. The van der Waals surface area contributed by atoms with E-state index in [-0.39, 0.29) is 23.3 Å². The number of nitro benzene ring substituents is 1. The highest BCUT2D eigenvalue weighted by molar-refractivity contribution is 7.17. The monoisotopic (exact) mass is 466 g/mol. The van der Waals surface area contributed by atoms with Crippen molar-refractivity contribution in [3.63, 3.8) is 0 Å². The Morgan fingerprint density at radius 2 is 2.00 bits per heavy atom. The molecule has 1 atom stereocenters. The van der Waals surface area contributed by atoms with Gasteiger partial charge in [-0.3, -0.25) is 19.3 Å². The van der Waals surface area contributed by atoms with Crippen LogP contribution in [0.15, 0.2) is 29.3 Å². The lowest BCUT2D eigenvalue weighted by molar-refractivity contribution is -0.384. The minimum atomic E-state index is -0.428. The molecule has 2 aromatic heterocycles. The maximum atomic E-state index is 13.0. The number of fused-ring (bicyclic) bond motifs is 3. The number of piperidine rings is 1. The number of hydrogen-bond donors (Lipinski definition) is 1. The molecule has 33 heavy (non-hydrogen) atoms. The zero-order valence-corrected chi connectivity index (χ0v) is 19.3. The molecule has 9 nitrogen and oxygen atoms in total. The van der Waals surface area contributed by atoms with E-state index >= 15 is 0 Å². The minimum Gasteiger partial charge on any atom is -0.382 e. The molecule has 0 spiro atoms. The highest BCUT2D eigenvalue weighted by atomic mass is 32.1. The number of benzene rings is 1. The number of non-ortho nitro benzene ring substituents is 1. The Kier molecular flexibility index (Phi) is 5.71. The molecule has 10 heteroatoms. The summed E-state index contributed by atoms with van der Waals surface area (Å²) in [4.78, 5) is 37.1. The number of nitrogens with two attached hydrogens (primary N) is 1. The average Bonchev–Trinajstić information content (AvgIpc) is 3.35. The molecule has 1 fully saturated rings. The van der Waals surface area contributed by atoms with E-state index in [0.717, 1.165) is 50.0 Å². The summed E-state index contributed by atoms with van der Waals surface area (Å²) < 4.78 is 2.05. The van der Waals surface area contributed by atoms with E-state index in [9.17, 15) is 14.9 Å². The van der Waals surface area contributed by atoms with E-state index in [1.165, 1.54) is 22.7 Å². The van der Waals surface area contributed by atoms with Gasteiger partial charge in [0, 0.05) is 34.8 Å². The Balaban J connectivity index is 1.61. The van der Waals surface area contributed by atoms with Crippen molar-refractivity contribution in [1.82, 2.24) is 14.3 Å². The van der Waals surface area contributed by atoms with Gasteiger partial charge < -0.3 is 10.6 Å². The zero-order chi connectivity index (χ0) is 23.1. The van der Waals surface area contributed by atoms with Crippen LogP contribution in [0.1, 0.15) is 41.9 Å². The number of aryl methyl sites for hydroxylation is 2. The normalized spacial score (nSPS) is 19.5. The number of carbonyl (C=O) groups is 1. The van der Waals surface area contributed by atoms with E-state index in [4.69, 9.17) is 10.7 Å². The van der Waals surface area contributed by atoms with Crippen LogP contribution in [0, 0.1) is 16.0 Å². The number of likely N-dealkylation sites (tertiary alicyclic amines) is 1. The highest BCUT2D eigenvalue weighted by Gasteiger charge is 2.28. The van der Waals surface area contributed by atoms with E-state index in [2.05, 4.69) is 14.3 Å². The first-order valence-electron chi connectivity index (χ1n) is 11.3. The predicted octanol–water partition coefficient (Wildman–Crippen LogP) is 3.42. The van der Waals surface area contributed by atoms with Gasteiger partial charge >= 0.3 is 0 Å². The molecule has 1 amide bonds. The van der Waals surface area contributed by atoms with Crippen LogP contribution in [0.2, 0.25) is 0 Å². The van der Waals surface area contributed by atoms with Crippen molar-refractivity contribution < 1.29 is 9.72 Å². The summed E-state index contributed by atoms with van der Waals surface area (Å²) in [5.74, 6) is -0.210. The molecule has 2 aliphatic rings. The largest absolute Gasteiger partial charge is 0.382 e. The topological polar surface area (TPSA) is 119 Å². The van der Waals surface area contributed by atoms with Crippen LogP contribution in [0.3, 0.4) is 0 Å². The Labute approximate surface area is 195 Å². The zero-order valence-electron chi connectivity index (χ0n) is 18.5. The van der Waals surface area contributed by atoms with Crippen molar-refractivity contribution in [3.8, 4) is 11.3 Å². The fourth-order valence-corrected chi connectivity index (χ4v) is 6.05. The second-order valence-corrected chi connectivity index (χ2v) is 9.91. The van der Waals surface area contributed by atoms with Crippen LogP contribution in [0.5, 0.6) is 0 Å². The number of nitrogens with zero attached hydrogens (tertiary/aromatic N) is 5. The average molecular weight is 467 g/mol. The van der Waals surface area contributed by atoms with Crippen molar-refractivity contribution in [3.05, 3.63) is 50.6 Å². The number of hydrogen-bond acceptors (Lipinski definition) is 6. The number of carbonyl (C=O) groups excluding carboxylic acids is 1. The number of thiazole rings is 1. The van der Waals surface area contributed by atoms with Gasteiger partial charge in [-0.1, -0.05) is 0 Å². The van der Waals surface area contributed by atoms with Gasteiger partial charge in [-0.05, 0) is 64.3 Å². The number of nitro groups is 1. The number of amidine groups is 1. The molecule has 1 saturated heterocycles. The van der Waals surface area contributed by atoms with Gasteiger partial charge in [0.25, 0.3) is 11.6 Å². The number of aliphatic imine (C=N–C) groups is 1. The van der Waals surface area contributed by atoms with Crippen molar-refractivity contribution in [1.29, 1.82) is 0 Å². The van der Waals surface area contributed by atoms with Crippen LogP contribution in [-0.2, 0) is 17.6 Å². The lowest BCUT2D eigenvalue weighted by Gasteiger charge is -2.27. The third-order valence-electron chi connectivity index (χ3n) is 6.52. The maximum Gasteiger partial charge on any atom is 0.269 e. The van der Waals surface area contributed by atoms with Gasteiger partial charge in [0.1, 0.15) is 11.4 Å². The molecular formula is C23H26N6O3S. The van der Waals surface area contributed by atoms with Crippen molar-refractivity contribution >= 4 is 33.7 Å². The summed E-state index contributed by atoms with van der Waals surface area (Å²) in [5.41, 5.74) is 9.61. The molecule has 0 bridgehead atoms. The summed E-state index contributed by atoms with van der Waals surface area (Å²) in [6.07, 6.45) is 5.95. The van der Waals surface area contributed by atoms with E-state index < -0.39 is 4.92 Å². The molecule has 172 valence electrons. The lowest BCUT2D eigenvalue weighted by atomic mass is 9.98. The first kappa shape index (κ1) is 21.7. The quantitative estimate of drug-likeness (QED) is 0.272. The molecule has 5 rings (SSSR count). The summed E-state index contributed by atoms with van der Waals surface area (Å²) in [6, 6.07) is 6.26. The van der Waals surface area contributed by atoms with Gasteiger partial charge in [-0.15, -0.1) is 11.3 Å². The molecule has 0 radical (unpaired) electrons. The minimum absolute atomic E-state index is 0.0111. The number of amides is 1. The van der Waals surface area contributed by atoms with Crippen LogP contribution in [0.25, 0.3) is 16.2 Å². The fourth-order valence-electron chi connectivity index (χ4n) is 4.85. The summed E-state index contributed by atoms with van der Waals surface area (Å²) in [5, 5.41) is 11.1. The van der Waals surface area contributed by atoms with E-state index in [0.29, 0.717) is 23.5 Å². The van der Waals surface area contributed by atoms with Crippen LogP contribution < -0.4 is 5.73 Å². The summed E-state index contributed by atoms with van der Waals surface area (Å²) >= 11 is 1.64. The van der Waals surface area contributed by atoms with Gasteiger partial charge in [0.2, 0.25) is 0 Å². The van der Waals surface area contributed by atoms with Gasteiger partial charge in [0.15, 0.2) is 10.8 Å². The summed E-state index contributed by atoms with van der Waals surface area (Å²) in [7, 11) is 2.01. The van der Waals surface area contributed by atoms with Crippen molar-refractivity contribution in [2.45, 2.75) is 38.5 Å². The van der Waals surface area contributed by atoms with E-state index in [1.807, 2.05) is 7.05 Å². The third-order valence-corrected chi connectivity index (χ3v) is 7.66. The Morgan fingerprint density at radius 3 is 2.73 bits per heavy atom. The van der Waals surface area contributed by atoms with Gasteiger partial charge in [-0.25, -0.2) is 4.98 Å². The van der Waals surface area contributed by atoms with Crippen molar-refractivity contribution in [2.75, 3.05) is 20.1 Å². The summed E-state index contributed by atoms with van der Waals surface area (Å²) in [6.45, 7) is 1.66. The highest BCUT2D eigenvalue weighted by Crippen LogP contribution is 2.35. The van der Waals surface area contributed by atoms with Crippen LogP contribution >= 0.6 is 11.3 Å². The molecule has 2 N–H and O–H groups in total. The number of rotatable bonds is 4. The maximum absolute atomic E-state index is 13.0.